The number of nitrogens with two attached hydrogens (primary N) is 6. The second-order valence-corrected chi connectivity index (χ2v) is 20.5. The molecule has 0 bridgehead atoms. The number of carbonyl (C=O) groups is 9. The molecule has 23 N–H and O–H groups in total. The normalized spacial score (nSPS) is 15.1. The molecule has 0 radical (unpaired) electrons. The van der Waals surface area contributed by atoms with Gasteiger partial charge in [0.05, 0.1) is 18.8 Å². The fraction of sp³-hybridized carbons (Fsp3) is 0.692. The highest BCUT2D eigenvalue weighted by Gasteiger charge is 2.36. The predicted octanol–water partition coefficient (Wildman–Crippen LogP) is -3.57. The van der Waals surface area contributed by atoms with Crippen LogP contribution in [-0.4, -0.2) is 168 Å². The molecule has 8 amide bonds. The summed E-state index contributed by atoms with van der Waals surface area (Å²) in [6.07, 6.45) is 1.85. The fourth-order valence-electron chi connectivity index (χ4n) is 8.14. The smallest absolute Gasteiger partial charge is 0.326 e. The Morgan fingerprint density at radius 1 is 0.494 bits per heavy atom. The van der Waals surface area contributed by atoms with Gasteiger partial charge in [0.25, 0.3) is 0 Å². The van der Waals surface area contributed by atoms with Gasteiger partial charge in [-0.25, -0.2) is 4.79 Å². The number of hydrogen-bond donors (Lipinski definition) is 17. The highest BCUT2D eigenvalue weighted by atomic mass is 16.4. The zero-order valence-electron chi connectivity index (χ0n) is 46.7. The zero-order valence-corrected chi connectivity index (χ0v) is 46.7. The first-order valence-corrected chi connectivity index (χ1v) is 27.3. The minimum Gasteiger partial charge on any atom is -0.480 e. The molecule has 0 aliphatic rings. The Kier molecular flexibility index (Phi) is 34.8. The minimum absolute atomic E-state index is 0.0416. The first-order valence-electron chi connectivity index (χ1n) is 27.3. The van der Waals surface area contributed by atoms with Crippen molar-refractivity contribution in [1.82, 2.24) is 42.5 Å². The molecule has 79 heavy (non-hydrogen) atoms. The van der Waals surface area contributed by atoms with Crippen LogP contribution in [0, 0.1) is 11.8 Å². The molecule has 0 aliphatic heterocycles. The van der Waals surface area contributed by atoms with E-state index in [-0.39, 0.29) is 82.3 Å². The number of carboxylic acids is 1. The summed E-state index contributed by atoms with van der Waals surface area (Å²) in [5.74, 6) is -8.61. The van der Waals surface area contributed by atoms with E-state index in [0.29, 0.717) is 57.2 Å². The number of nitrogens with zero attached hydrogens (tertiary/aromatic N) is 1. The van der Waals surface area contributed by atoms with E-state index in [0.717, 1.165) is 0 Å². The molecule has 1 aromatic carbocycles. The number of guanidine groups is 1. The minimum atomic E-state index is -1.79. The van der Waals surface area contributed by atoms with Crippen molar-refractivity contribution in [1.29, 1.82) is 0 Å². The molecule has 0 fully saturated rings. The van der Waals surface area contributed by atoms with Crippen LogP contribution < -0.4 is 76.9 Å². The maximum absolute atomic E-state index is 14.3. The van der Waals surface area contributed by atoms with E-state index in [1.54, 1.807) is 30.3 Å². The van der Waals surface area contributed by atoms with E-state index in [1.165, 1.54) is 6.92 Å². The van der Waals surface area contributed by atoms with E-state index in [9.17, 15) is 58.5 Å². The number of aliphatic hydroxyl groups excluding tert-OH is 2. The van der Waals surface area contributed by atoms with Gasteiger partial charge in [-0.3, -0.25) is 43.3 Å². The highest BCUT2D eigenvalue weighted by Crippen LogP contribution is 2.13. The maximum Gasteiger partial charge on any atom is 0.326 e. The molecule has 1 rings (SSSR count). The molecule has 0 spiro atoms. The Balaban J connectivity index is 3.48. The molecule has 0 heterocycles. The fourth-order valence-corrected chi connectivity index (χ4v) is 8.14. The predicted molar refractivity (Wildman–Crippen MR) is 298 cm³/mol. The van der Waals surface area contributed by atoms with Crippen LogP contribution >= 0.6 is 0 Å². The lowest BCUT2D eigenvalue weighted by Crippen LogP contribution is -2.62. The van der Waals surface area contributed by atoms with Crippen LogP contribution in [0.25, 0.3) is 0 Å². The maximum atomic E-state index is 14.3. The van der Waals surface area contributed by atoms with Gasteiger partial charge >= 0.3 is 5.97 Å². The van der Waals surface area contributed by atoms with E-state index in [2.05, 4.69) is 47.5 Å². The Labute approximate surface area is 463 Å². The van der Waals surface area contributed by atoms with Gasteiger partial charge in [-0.15, -0.1) is 0 Å². The number of carbonyl (C=O) groups excluding carboxylic acids is 8. The van der Waals surface area contributed by atoms with Crippen molar-refractivity contribution in [2.45, 2.75) is 185 Å². The van der Waals surface area contributed by atoms with E-state index in [4.69, 9.17) is 34.4 Å². The van der Waals surface area contributed by atoms with E-state index >= 15 is 0 Å². The van der Waals surface area contributed by atoms with Gasteiger partial charge in [-0.2, -0.15) is 0 Å². The quantitative estimate of drug-likeness (QED) is 0.0171. The first-order chi connectivity index (χ1) is 37.4. The first kappa shape index (κ1) is 70.5. The van der Waals surface area contributed by atoms with Gasteiger partial charge < -0.3 is 92.3 Å². The molecule has 27 heteroatoms. The number of amides is 8. The summed E-state index contributed by atoms with van der Waals surface area (Å²) in [5, 5.41) is 51.4. The Bertz CT molecular complexity index is 2080. The van der Waals surface area contributed by atoms with Gasteiger partial charge in [0.1, 0.15) is 48.3 Å². The van der Waals surface area contributed by atoms with Crippen molar-refractivity contribution in [3.8, 4) is 0 Å². The number of aliphatic hydroxyl groups is 2. The second-order valence-electron chi connectivity index (χ2n) is 20.5. The average Bonchev–Trinajstić information content (AvgIpc) is 3.38. The summed E-state index contributed by atoms with van der Waals surface area (Å²) in [6.45, 7) is 8.48. The monoisotopic (exact) mass is 1120 g/mol. The third kappa shape index (κ3) is 28.8. The molecule has 27 nitrogen and oxygen atoms in total. The number of aliphatic carboxylic acids is 1. The summed E-state index contributed by atoms with van der Waals surface area (Å²) in [7, 11) is 0. The Morgan fingerprint density at radius 2 is 0.886 bits per heavy atom. The molecule has 0 aromatic heterocycles. The highest BCUT2D eigenvalue weighted by molar-refractivity contribution is 5.98. The molecule has 10 atom stereocenters. The van der Waals surface area contributed by atoms with Gasteiger partial charge in [-0.1, -0.05) is 64.4 Å². The molecule has 448 valence electrons. The van der Waals surface area contributed by atoms with Crippen molar-refractivity contribution in [3.05, 3.63) is 35.9 Å². The second kappa shape index (κ2) is 38.9. The molecule has 0 saturated heterocycles. The lowest BCUT2D eigenvalue weighted by molar-refractivity contribution is -0.142. The molecule has 0 unspecified atom stereocenters. The van der Waals surface area contributed by atoms with Crippen molar-refractivity contribution in [2.75, 3.05) is 32.8 Å². The van der Waals surface area contributed by atoms with Crippen LogP contribution in [-0.2, 0) is 49.6 Å². The molecule has 1 aromatic rings. The number of aliphatic imine (C=N–C) groups is 1. The van der Waals surface area contributed by atoms with Crippen LogP contribution in [0.1, 0.15) is 124 Å². The van der Waals surface area contributed by atoms with Gasteiger partial charge in [0.15, 0.2) is 5.96 Å². The number of hydrogen-bond acceptors (Lipinski definition) is 16. The lowest BCUT2D eigenvalue weighted by Gasteiger charge is -2.29. The lowest BCUT2D eigenvalue weighted by atomic mass is 9.99. The van der Waals surface area contributed by atoms with Crippen molar-refractivity contribution in [3.63, 3.8) is 0 Å². The van der Waals surface area contributed by atoms with Crippen LogP contribution in [0.5, 0.6) is 0 Å². The summed E-state index contributed by atoms with van der Waals surface area (Å²) < 4.78 is 0. The topological polar surface area (TPSA) is 479 Å². The zero-order chi connectivity index (χ0) is 59.6. The van der Waals surface area contributed by atoms with Gasteiger partial charge in [0, 0.05) is 13.0 Å². The molecule has 0 saturated carbocycles. The number of unbranched alkanes of at least 4 members (excludes halogenated alkanes) is 3. The third-order valence-corrected chi connectivity index (χ3v) is 12.5. The van der Waals surface area contributed by atoms with Crippen LogP contribution in [0.15, 0.2) is 35.3 Å². The standard InChI is InChI=1S/C52H93N15O12/c1-30(2)26-38(63-43(70)34(56)18-9-12-22-53)47(74)64-39(27-31(3)4)46(73)61-36(21-15-25-59-52(57)58)44(71)60-35(19-10-13-23-54)45(72)66-41(29-68)49(76)67-42(32(5)69)50(77)65-40(28-33-16-7-6-8-17-33)48(75)62-37(51(78)79)20-11-14-24-55/h6-8,16-17,30-32,34-42,68-69H,9-15,18-29,53-56H2,1-5H3,(H,60,71)(H,61,73)(H,62,75)(H,63,70)(H,64,74)(H,65,77)(H,66,72)(H,67,76)(H,78,79)(H4,57,58,59)/t32-,34+,35+,36+,37+,38+,39+,40+,41+,42+/m1/s1. The van der Waals surface area contributed by atoms with Crippen molar-refractivity contribution in [2.24, 2.45) is 51.2 Å². The average molecular weight is 1120 g/mol. The number of nitrogens with one attached hydrogen (secondary N) is 8. The molecular weight excluding hydrogens is 1030 g/mol. The largest absolute Gasteiger partial charge is 0.480 e. The third-order valence-electron chi connectivity index (χ3n) is 12.5. The Morgan fingerprint density at radius 3 is 1.34 bits per heavy atom. The van der Waals surface area contributed by atoms with E-state index < -0.39 is 120 Å². The number of carboxylic acid groups (broad SMARTS) is 1. The number of benzene rings is 1. The van der Waals surface area contributed by atoms with Crippen LogP contribution in [0.4, 0.5) is 0 Å². The summed E-state index contributed by atoms with van der Waals surface area (Å²) >= 11 is 0. The molecule has 0 aliphatic carbocycles. The van der Waals surface area contributed by atoms with Crippen molar-refractivity contribution < 1.29 is 58.5 Å². The SMILES string of the molecule is CC(C)C[C@H](NC(=O)[C@H](CC(C)C)NC(=O)[C@@H](N)CCCCN)C(=O)N[C@@H](CCCN=C(N)N)C(=O)N[C@@H](CCCCN)C(=O)N[C@@H](CO)C(=O)N[C@H](C(=O)N[C@@H](Cc1ccccc1)C(=O)N[C@@H](CCCCN)C(=O)O)[C@@H](C)O. The van der Waals surface area contributed by atoms with Gasteiger partial charge in [0.2, 0.25) is 47.3 Å². The van der Waals surface area contributed by atoms with Crippen LogP contribution in [0.2, 0.25) is 0 Å². The van der Waals surface area contributed by atoms with Crippen molar-refractivity contribution >= 4 is 59.2 Å². The van der Waals surface area contributed by atoms with Crippen LogP contribution in [0.3, 0.4) is 0 Å². The van der Waals surface area contributed by atoms with Gasteiger partial charge in [-0.05, 0) is 121 Å². The summed E-state index contributed by atoms with van der Waals surface area (Å²) in [4.78, 5) is 127. The van der Waals surface area contributed by atoms with E-state index in [1.807, 2.05) is 27.7 Å². The summed E-state index contributed by atoms with van der Waals surface area (Å²) in [5.41, 5.74) is 34.6. The number of rotatable bonds is 41. The Hall–Kier alpha value is -6.52. The molecular formula is C52H93N15O12. The summed E-state index contributed by atoms with van der Waals surface area (Å²) in [6, 6.07) is -3.78.